The Bertz CT molecular complexity index is 792. The molecule has 0 fully saturated rings. The summed E-state index contributed by atoms with van der Waals surface area (Å²) >= 11 is 12.1. The standard InChI is InChI=1S/C17H12Cl2N2O/c1-10(22)15-16(11-4-2-6-13(18)8-11)20-21-17(15)12-5-3-7-14(19)9-12/h2-9H,1H3,(H,20,21). The van der Waals surface area contributed by atoms with Gasteiger partial charge in [0, 0.05) is 21.2 Å². The second kappa shape index (κ2) is 5.95. The minimum Gasteiger partial charge on any atom is -0.294 e. The van der Waals surface area contributed by atoms with Crippen molar-refractivity contribution in [2.24, 2.45) is 0 Å². The number of ketones is 1. The summed E-state index contributed by atoms with van der Waals surface area (Å²) < 4.78 is 0. The molecular weight excluding hydrogens is 319 g/mol. The van der Waals surface area contributed by atoms with Gasteiger partial charge in [-0.15, -0.1) is 0 Å². The van der Waals surface area contributed by atoms with E-state index >= 15 is 0 Å². The minimum atomic E-state index is -0.0706. The zero-order chi connectivity index (χ0) is 15.7. The molecule has 3 nitrogen and oxygen atoms in total. The van der Waals surface area contributed by atoms with Gasteiger partial charge in [-0.05, 0) is 31.2 Å². The Morgan fingerprint density at radius 1 is 1.00 bits per heavy atom. The van der Waals surface area contributed by atoms with Crippen LogP contribution in [-0.4, -0.2) is 16.0 Å². The van der Waals surface area contributed by atoms with Crippen LogP contribution in [0.1, 0.15) is 17.3 Å². The summed E-state index contributed by atoms with van der Waals surface area (Å²) in [4.78, 5) is 12.1. The molecule has 0 amide bonds. The molecule has 0 unspecified atom stereocenters. The van der Waals surface area contributed by atoms with Crippen molar-refractivity contribution in [3.8, 4) is 22.5 Å². The Hall–Kier alpha value is -2.10. The molecule has 1 N–H and O–H groups in total. The van der Waals surface area contributed by atoms with Crippen LogP contribution < -0.4 is 0 Å². The van der Waals surface area contributed by atoms with E-state index in [-0.39, 0.29) is 5.78 Å². The molecule has 0 spiro atoms. The van der Waals surface area contributed by atoms with E-state index in [1.807, 2.05) is 24.3 Å². The van der Waals surface area contributed by atoms with E-state index in [9.17, 15) is 4.79 Å². The first kappa shape index (κ1) is 14.8. The molecule has 0 aliphatic carbocycles. The summed E-state index contributed by atoms with van der Waals surface area (Å²) in [6, 6.07) is 14.6. The molecule has 0 saturated carbocycles. The molecular formula is C17H12Cl2N2O. The van der Waals surface area contributed by atoms with Crippen molar-refractivity contribution in [2.45, 2.75) is 6.92 Å². The van der Waals surface area contributed by atoms with Crippen LogP contribution in [0.15, 0.2) is 48.5 Å². The number of aromatic amines is 1. The predicted molar refractivity (Wildman–Crippen MR) is 89.5 cm³/mol. The van der Waals surface area contributed by atoms with Gasteiger partial charge in [0.1, 0.15) is 5.69 Å². The van der Waals surface area contributed by atoms with Gasteiger partial charge in [0.15, 0.2) is 5.78 Å². The summed E-state index contributed by atoms with van der Waals surface area (Å²) in [6.45, 7) is 1.52. The number of halogens is 2. The number of nitrogens with zero attached hydrogens (tertiary/aromatic N) is 1. The molecule has 0 aliphatic rings. The zero-order valence-electron chi connectivity index (χ0n) is 11.7. The number of aromatic nitrogens is 2. The Morgan fingerprint density at radius 2 is 1.59 bits per heavy atom. The summed E-state index contributed by atoms with van der Waals surface area (Å²) in [5.74, 6) is -0.0706. The van der Waals surface area contributed by atoms with Crippen LogP contribution in [0.3, 0.4) is 0 Å². The quantitative estimate of drug-likeness (QED) is 0.666. The Balaban J connectivity index is 2.20. The Morgan fingerprint density at radius 3 is 2.18 bits per heavy atom. The molecule has 0 aliphatic heterocycles. The largest absolute Gasteiger partial charge is 0.294 e. The topological polar surface area (TPSA) is 45.8 Å². The SMILES string of the molecule is CC(=O)c1c(-c2cccc(Cl)c2)n[nH]c1-c1cccc(Cl)c1. The molecule has 3 aromatic rings. The van der Waals surface area contributed by atoms with E-state index in [0.717, 1.165) is 11.1 Å². The van der Waals surface area contributed by atoms with Gasteiger partial charge in [-0.1, -0.05) is 47.5 Å². The summed E-state index contributed by atoms with van der Waals surface area (Å²) in [7, 11) is 0. The third kappa shape index (κ3) is 2.78. The Labute approximate surface area is 137 Å². The maximum absolute atomic E-state index is 12.1. The second-order valence-corrected chi connectivity index (χ2v) is 5.77. The van der Waals surface area contributed by atoms with Crippen LogP contribution in [0.4, 0.5) is 0 Å². The highest BCUT2D eigenvalue weighted by atomic mass is 35.5. The maximum Gasteiger partial charge on any atom is 0.164 e. The number of benzene rings is 2. The summed E-state index contributed by atoms with van der Waals surface area (Å²) in [5, 5.41) is 8.45. The average molecular weight is 331 g/mol. The molecule has 1 heterocycles. The van der Waals surface area contributed by atoms with Crippen molar-refractivity contribution in [1.82, 2.24) is 10.2 Å². The van der Waals surface area contributed by atoms with Crippen molar-refractivity contribution >= 4 is 29.0 Å². The van der Waals surface area contributed by atoms with E-state index < -0.39 is 0 Å². The molecule has 3 rings (SSSR count). The molecule has 0 bridgehead atoms. The number of H-pyrrole nitrogens is 1. The van der Waals surface area contributed by atoms with Crippen molar-refractivity contribution in [3.05, 3.63) is 64.1 Å². The fourth-order valence-corrected chi connectivity index (χ4v) is 2.76. The fraction of sp³-hybridized carbons (Fsp3) is 0.0588. The number of hydrogen-bond donors (Lipinski definition) is 1. The molecule has 110 valence electrons. The number of carbonyl (C=O) groups is 1. The van der Waals surface area contributed by atoms with Gasteiger partial charge in [0.2, 0.25) is 0 Å². The Kier molecular flexibility index (Phi) is 4.01. The molecule has 0 atom stereocenters. The average Bonchev–Trinajstić information content (AvgIpc) is 2.92. The van der Waals surface area contributed by atoms with Gasteiger partial charge in [0.05, 0.1) is 11.3 Å². The van der Waals surface area contributed by atoms with Gasteiger partial charge in [0.25, 0.3) is 0 Å². The monoisotopic (exact) mass is 330 g/mol. The number of hydrogen-bond acceptors (Lipinski definition) is 2. The van der Waals surface area contributed by atoms with E-state index in [1.165, 1.54) is 6.92 Å². The van der Waals surface area contributed by atoms with Gasteiger partial charge in [-0.2, -0.15) is 5.10 Å². The molecule has 0 saturated heterocycles. The highest BCUT2D eigenvalue weighted by Gasteiger charge is 2.20. The summed E-state index contributed by atoms with van der Waals surface area (Å²) in [6.07, 6.45) is 0. The highest BCUT2D eigenvalue weighted by molar-refractivity contribution is 6.31. The maximum atomic E-state index is 12.1. The first-order valence-corrected chi connectivity index (χ1v) is 7.43. The van der Waals surface area contributed by atoms with Crippen LogP contribution >= 0.6 is 23.2 Å². The van der Waals surface area contributed by atoms with Crippen molar-refractivity contribution in [3.63, 3.8) is 0 Å². The third-order valence-electron chi connectivity index (χ3n) is 3.33. The lowest BCUT2D eigenvalue weighted by atomic mass is 9.99. The lowest BCUT2D eigenvalue weighted by Gasteiger charge is -2.04. The van der Waals surface area contributed by atoms with Crippen molar-refractivity contribution in [1.29, 1.82) is 0 Å². The van der Waals surface area contributed by atoms with E-state index in [0.29, 0.717) is 27.0 Å². The van der Waals surface area contributed by atoms with Crippen molar-refractivity contribution in [2.75, 3.05) is 0 Å². The molecule has 5 heteroatoms. The second-order valence-electron chi connectivity index (χ2n) is 4.90. The minimum absolute atomic E-state index is 0.0706. The van der Waals surface area contributed by atoms with Gasteiger partial charge in [-0.3, -0.25) is 9.89 Å². The van der Waals surface area contributed by atoms with Crippen LogP contribution in [0.2, 0.25) is 10.0 Å². The summed E-state index contributed by atoms with van der Waals surface area (Å²) in [5.41, 5.74) is 3.39. The molecule has 2 aromatic carbocycles. The normalized spacial score (nSPS) is 10.7. The molecule has 22 heavy (non-hydrogen) atoms. The third-order valence-corrected chi connectivity index (χ3v) is 3.80. The predicted octanol–water partition coefficient (Wildman–Crippen LogP) is 5.25. The van der Waals surface area contributed by atoms with E-state index in [4.69, 9.17) is 23.2 Å². The molecule has 0 radical (unpaired) electrons. The molecule has 1 aromatic heterocycles. The lowest BCUT2D eigenvalue weighted by molar-refractivity contribution is 0.101. The number of Topliss-reactive ketones (excluding diaryl/α,β-unsaturated/α-hetero) is 1. The van der Waals surface area contributed by atoms with E-state index in [1.54, 1.807) is 24.3 Å². The number of rotatable bonds is 3. The zero-order valence-corrected chi connectivity index (χ0v) is 13.2. The van der Waals surface area contributed by atoms with Gasteiger partial charge < -0.3 is 0 Å². The highest BCUT2D eigenvalue weighted by Crippen LogP contribution is 2.32. The number of nitrogens with one attached hydrogen (secondary N) is 1. The first-order valence-electron chi connectivity index (χ1n) is 6.67. The van der Waals surface area contributed by atoms with Gasteiger partial charge >= 0.3 is 0 Å². The van der Waals surface area contributed by atoms with E-state index in [2.05, 4.69) is 10.2 Å². The van der Waals surface area contributed by atoms with Crippen LogP contribution in [-0.2, 0) is 0 Å². The lowest BCUT2D eigenvalue weighted by Crippen LogP contribution is -1.96. The van der Waals surface area contributed by atoms with Gasteiger partial charge in [-0.25, -0.2) is 0 Å². The van der Waals surface area contributed by atoms with Crippen LogP contribution in [0.5, 0.6) is 0 Å². The fourth-order valence-electron chi connectivity index (χ4n) is 2.38. The van der Waals surface area contributed by atoms with Crippen LogP contribution in [0.25, 0.3) is 22.5 Å². The first-order chi connectivity index (χ1) is 10.6. The van der Waals surface area contributed by atoms with Crippen molar-refractivity contribution < 1.29 is 4.79 Å². The smallest absolute Gasteiger partial charge is 0.164 e. The van der Waals surface area contributed by atoms with Crippen LogP contribution in [0, 0.1) is 0 Å². The number of carbonyl (C=O) groups excluding carboxylic acids is 1.